The molecule has 5 heteroatoms. The van der Waals surface area contributed by atoms with Crippen molar-refractivity contribution in [3.8, 4) is 5.75 Å². The largest absolute Gasteiger partial charge is 0.497 e. The van der Waals surface area contributed by atoms with Crippen LogP contribution in [0.5, 0.6) is 5.75 Å². The SMILES string of the molecule is COc1ccc(C[n+]2ccc(C)c(Br)c2)cc1.Cc1ccncc1Br. The van der Waals surface area contributed by atoms with Crippen molar-refractivity contribution < 1.29 is 9.30 Å². The molecule has 3 aromatic rings. The summed E-state index contributed by atoms with van der Waals surface area (Å²) in [7, 11) is 1.68. The van der Waals surface area contributed by atoms with E-state index in [2.05, 4.69) is 78.9 Å². The Balaban J connectivity index is 0.000000236. The standard InChI is InChI=1S/C14H15BrNO.C6H6BrN/c1-11-7-8-16(10-14(11)15)9-12-3-5-13(17-2)6-4-12;1-5-2-3-8-4-6(5)7/h3-8,10H,9H2,1-2H3;2-4H,1H3/q+1;. The monoisotopic (exact) mass is 463 g/mol. The number of ether oxygens (including phenoxy) is 1. The van der Waals surface area contributed by atoms with Crippen LogP contribution < -0.4 is 9.30 Å². The van der Waals surface area contributed by atoms with Crippen molar-refractivity contribution >= 4 is 31.9 Å². The van der Waals surface area contributed by atoms with Gasteiger partial charge < -0.3 is 4.74 Å². The average molecular weight is 465 g/mol. The van der Waals surface area contributed by atoms with E-state index < -0.39 is 0 Å². The number of pyridine rings is 2. The molecule has 0 unspecified atom stereocenters. The van der Waals surface area contributed by atoms with E-state index in [0.717, 1.165) is 21.2 Å². The minimum Gasteiger partial charge on any atom is -0.497 e. The highest BCUT2D eigenvalue weighted by molar-refractivity contribution is 9.10. The molecule has 130 valence electrons. The van der Waals surface area contributed by atoms with Gasteiger partial charge in [-0.05, 0) is 87.2 Å². The molecule has 0 fully saturated rings. The molecule has 0 amide bonds. The molecule has 0 N–H and O–H groups in total. The Morgan fingerprint density at radius 2 is 1.64 bits per heavy atom. The van der Waals surface area contributed by atoms with Gasteiger partial charge in [0.05, 0.1) is 11.6 Å². The minimum absolute atomic E-state index is 0.864. The normalized spacial score (nSPS) is 9.96. The third-order valence-electron chi connectivity index (χ3n) is 3.67. The first kappa shape index (κ1) is 19.6. The lowest BCUT2D eigenvalue weighted by molar-refractivity contribution is -0.689. The number of benzene rings is 1. The number of halogens is 2. The highest BCUT2D eigenvalue weighted by Gasteiger charge is 2.05. The third kappa shape index (κ3) is 6.25. The molecular weight excluding hydrogens is 444 g/mol. The van der Waals surface area contributed by atoms with E-state index in [4.69, 9.17) is 4.74 Å². The van der Waals surface area contributed by atoms with E-state index in [-0.39, 0.29) is 0 Å². The fourth-order valence-electron chi connectivity index (χ4n) is 2.06. The Kier molecular flexibility index (Phi) is 7.59. The van der Waals surface area contributed by atoms with Crippen LogP contribution in [0, 0.1) is 13.8 Å². The van der Waals surface area contributed by atoms with Crippen molar-refractivity contribution in [2.24, 2.45) is 0 Å². The summed E-state index contributed by atoms with van der Waals surface area (Å²) in [6.45, 7) is 4.98. The lowest BCUT2D eigenvalue weighted by Gasteiger charge is -2.02. The zero-order chi connectivity index (χ0) is 18.2. The molecule has 3 nitrogen and oxygen atoms in total. The topological polar surface area (TPSA) is 26.0 Å². The van der Waals surface area contributed by atoms with Crippen molar-refractivity contribution in [3.05, 3.63) is 86.8 Å². The van der Waals surface area contributed by atoms with Gasteiger partial charge >= 0.3 is 0 Å². The summed E-state index contributed by atoms with van der Waals surface area (Å²) in [4.78, 5) is 3.90. The Morgan fingerprint density at radius 3 is 2.16 bits per heavy atom. The quantitative estimate of drug-likeness (QED) is 0.494. The maximum Gasteiger partial charge on any atom is 0.183 e. The molecule has 0 saturated carbocycles. The highest BCUT2D eigenvalue weighted by atomic mass is 79.9. The molecule has 2 aromatic heterocycles. The Bertz CT molecular complexity index is 799. The van der Waals surface area contributed by atoms with Crippen molar-refractivity contribution in [2.45, 2.75) is 20.4 Å². The van der Waals surface area contributed by atoms with Gasteiger partial charge in [0.1, 0.15) is 5.75 Å². The molecule has 0 aliphatic rings. The van der Waals surface area contributed by atoms with Gasteiger partial charge in [-0.15, -0.1) is 0 Å². The predicted octanol–water partition coefficient (Wildman–Crippen LogP) is 5.25. The zero-order valence-corrected chi connectivity index (χ0v) is 17.7. The molecule has 0 aliphatic heterocycles. The van der Waals surface area contributed by atoms with Crippen molar-refractivity contribution in [1.29, 1.82) is 0 Å². The second-order valence-corrected chi connectivity index (χ2v) is 7.33. The zero-order valence-electron chi connectivity index (χ0n) is 14.5. The lowest BCUT2D eigenvalue weighted by atomic mass is 10.2. The number of rotatable bonds is 3. The van der Waals surface area contributed by atoms with Gasteiger partial charge in [0.25, 0.3) is 0 Å². The molecule has 0 radical (unpaired) electrons. The predicted molar refractivity (Wildman–Crippen MR) is 108 cm³/mol. The molecule has 25 heavy (non-hydrogen) atoms. The summed E-state index contributed by atoms with van der Waals surface area (Å²) in [5.74, 6) is 0.892. The number of hydrogen-bond acceptors (Lipinski definition) is 2. The molecular formula is C20H21Br2N2O+. The van der Waals surface area contributed by atoms with Gasteiger partial charge in [-0.25, -0.2) is 0 Å². The maximum absolute atomic E-state index is 5.14. The van der Waals surface area contributed by atoms with Crippen LogP contribution in [-0.2, 0) is 6.54 Å². The van der Waals surface area contributed by atoms with Gasteiger partial charge in [-0.1, -0.05) is 0 Å². The van der Waals surface area contributed by atoms with Gasteiger partial charge in [0, 0.05) is 28.5 Å². The van der Waals surface area contributed by atoms with Crippen LogP contribution >= 0.6 is 31.9 Å². The van der Waals surface area contributed by atoms with E-state index in [0.29, 0.717) is 0 Å². The van der Waals surface area contributed by atoms with Crippen molar-refractivity contribution in [1.82, 2.24) is 4.98 Å². The molecule has 3 rings (SSSR count). The van der Waals surface area contributed by atoms with E-state index in [1.807, 2.05) is 25.1 Å². The summed E-state index contributed by atoms with van der Waals surface area (Å²) in [6, 6.07) is 12.2. The van der Waals surface area contributed by atoms with Crippen LogP contribution in [0.4, 0.5) is 0 Å². The molecule has 1 aromatic carbocycles. The second-order valence-electron chi connectivity index (χ2n) is 5.62. The number of nitrogens with zero attached hydrogens (tertiary/aromatic N) is 2. The summed E-state index contributed by atoms with van der Waals surface area (Å²) in [5, 5.41) is 0. The Hall–Kier alpha value is -1.72. The summed E-state index contributed by atoms with van der Waals surface area (Å²) < 4.78 is 9.49. The second kappa shape index (κ2) is 9.68. The summed E-state index contributed by atoms with van der Waals surface area (Å²) >= 11 is 6.87. The number of aromatic nitrogens is 2. The van der Waals surface area contributed by atoms with Crippen LogP contribution in [0.15, 0.2) is 70.1 Å². The highest BCUT2D eigenvalue weighted by Crippen LogP contribution is 2.13. The Labute approximate surface area is 166 Å². The third-order valence-corrected chi connectivity index (χ3v) is 5.33. The smallest absolute Gasteiger partial charge is 0.183 e. The molecule has 0 atom stereocenters. The summed E-state index contributed by atoms with van der Waals surface area (Å²) in [6.07, 6.45) is 7.75. The van der Waals surface area contributed by atoms with Gasteiger partial charge in [-0.2, -0.15) is 4.57 Å². The fourth-order valence-corrected chi connectivity index (χ4v) is 2.71. The lowest BCUT2D eigenvalue weighted by Crippen LogP contribution is -2.33. The Morgan fingerprint density at radius 1 is 0.960 bits per heavy atom. The number of aryl methyl sites for hydroxylation is 2. The number of hydrogen-bond donors (Lipinski definition) is 0. The van der Waals surface area contributed by atoms with Crippen molar-refractivity contribution in [2.75, 3.05) is 7.11 Å². The fraction of sp³-hybridized carbons (Fsp3) is 0.200. The minimum atomic E-state index is 0.864. The van der Waals surface area contributed by atoms with Gasteiger partial charge in [-0.3, -0.25) is 4.98 Å². The van der Waals surface area contributed by atoms with Gasteiger partial charge in [0.15, 0.2) is 18.9 Å². The molecule has 0 saturated heterocycles. The van der Waals surface area contributed by atoms with Gasteiger partial charge in [0.2, 0.25) is 0 Å². The van der Waals surface area contributed by atoms with Crippen LogP contribution in [0.2, 0.25) is 0 Å². The van der Waals surface area contributed by atoms with Crippen LogP contribution in [0.3, 0.4) is 0 Å². The van der Waals surface area contributed by atoms with Crippen LogP contribution in [0.1, 0.15) is 16.7 Å². The molecule has 2 heterocycles. The maximum atomic E-state index is 5.14. The van der Waals surface area contributed by atoms with E-state index in [1.54, 1.807) is 19.5 Å². The first-order valence-electron chi connectivity index (χ1n) is 7.84. The molecule has 0 bridgehead atoms. The van der Waals surface area contributed by atoms with Crippen molar-refractivity contribution in [3.63, 3.8) is 0 Å². The average Bonchev–Trinajstić information content (AvgIpc) is 2.62. The van der Waals surface area contributed by atoms with E-state index in [9.17, 15) is 0 Å². The van der Waals surface area contributed by atoms with Crippen LogP contribution in [0.25, 0.3) is 0 Å². The van der Waals surface area contributed by atoms with Crippen LogP contribution in [-0.4, -0.2) is 12.1 Å². The first-order chi connectivity index (χ1) is 12.0. The summed E-state index contributed by atoms with van der Waals surface area (Å²) in [5.41, 5.74) is 3.72. The number of methoxy groups -OCH3 is 1. The first-order valence-corrected chi connectivity index (χ1v) is 9.42. The van der Waals surface area contributed by atoms with E-state index >= 15 is 0 Å². The molecule has 0 aliphatic carbocycles. The molecule has 0 spiro atoms. The van der Waals surface area contributed by atoms with E-state index in [1.165, 1.54) is 16.7 Å².